The van der Waals surface area contributed by atoms with Gasteiger partial charge >= 0.3 is 0 Å². The van der Waals surface area contributed by atoms with Gasteiger partial charge in [-0.3, -0.25) is 5.10 Å². The van der Waals surface area contributed by atoms with Gasteiger partial charge in [-0.1, -0.05) is 6.07 Å². The van der Waals surface area contributed by atoms with Gasteiger partial charge in [-0.05, 0) is 39.7 Å². The molecule has 0 spiro atoms. The molecule has 0 aliphatic rings. The number of nitrogens with two attached hydrogens (primary N) is 2. The van der Waals surface area contributed by atoms with Crippen LogP contribution in [0.15, 0.2) is 34.9 Å². The first-order valence-electron chi connectivity index (χ1n) is 5.31. The van der Waals surface area contributed by atoms with Crippen LogP contribution in [0.3, 0.4) is 0 Å². The summed E-state index contributed by atoms with van der Waals surface area (Å²) in [4.78, 5) is 4.02. The number of benzene rings is 1. The number of hydrogen-bond donors (Lipinski definition) is 3. The number of nitrogen functional groups attached to an aromatic ring is 2. The number of pyridine rings is 1. The molecule has 0 bridgehead atoms. The van der Waals surface area contributed by atoms with E-state index < -0.39 is 0 Å². The summed E-state index contributed by atoms with van der Waals surface area (Å²) in [5.74, 6) is 0.956. The van der Waals surface area contributed by atoms with Gasteiger partial charge in [0, 0.05) is 17.1 Å². The second-order valence-electron chi connectivity index (χ2n) is 3.93. The molecule has 1 aromatic carbocycles. The topological polar surface area (TPSA) is 93.6 Å². The van der Waals surface area contributed by atoms with Gasteiger partial charge in [-0.25, -0.2) is 4.98 Å². The lowest BCUT2D eigenvalue weighted by atomic mass is 10.0. The molecule has 90 valence electrons. The van der Waals surface area contributed by atoms with E-state index in [1.54, 1.807) is 6.20 Å². The van der Waals surface area contributed by atoms with Crippen LogP contribution in [0.1, 0.15) is 0 Å². The molecule has 0 fully saturated rings. The van der Waals surface area contributed by atoms with Crippen LogP contribution in [0.5, 0.6) is 0 Å². The molecule has 6 heteroatoms. The number of fused-ring (bicyclic) bond motifs is 1. The van der Waals surface area contributed by atoms with E-state index in [4.69, 9.17) is 11.5 Å². The van der Waals surface area contributed by atoms with E-state index in [0.717, 1.165) is 26.5 Å². The van der Waals surface area contributed by atoms with E-state index in [-0.39, 0.29) is 0 Å². The van der Waals surface area contributed by atoms with Crippen molar-refractivity contribution in [2.24, 2.45) is 0 Å². The predicted molar refractivity (Wildman–Crippen MR) is 75.8 cm³/mol. The number of anilines is 2. The smallest absolute Gasteiger partial charge is 0.153 e. The Bertz CT molecular complexity index is 734. The molecule has 0 saturated heterocycles. The van der Waals surface area contributed by atoms with Crippen LogP contribution in [-0.2, 0) is 0 Å². The standard InChI is InChI=1S/C12H10BrN5/c13-10-7(3-4-16-12(10)15)6-1-2-9-8(5-6)11(14)18-17-9/h1-5H,(H2,15,16)(H3,14,17,18). The van der Waals surface area contributed by atoms with Crippen LogP contribution in [0, 0.1) is 0 Å². The number of nitrogens with one attached hydrogen (secondary N) is 1. The van der Waals surface area contributed by atoms with E-state index in [0.29, 0.717) is 11.6 Å². The maximum absolute atomic E-state index is 5.80. The zero-order chi connectivity index (χ0) is 12.7. The van der Waals surface area contributed by atoms with Gasteiger partial charge in [-0.2, -0.15) is 5.10 Å². The number of halogens is 1. The molecular formula is C12H10BrN5. The van der Waals surface area contributed by atoms with Gasteiger partial charge in [0.1, 0.15) is 5.82 Å². The van der Waals surface area contributed by atoms with Crippen molar-refractivity contribution < 1.29 is 0 Å². The van der Waals surface area contributed by atoms with Gasteiger partial charge in [0.05, 0.1) is 9.99 Å². The summed E-state index contributed by atoms with van der Waals surface area (Å²) in [6.07, 6.45) is 1.68. The summed E-state index contributed by atoms with van der Waals surface area (Å²) in [5, 5.41) is 7.74. The molecule has 18 heavy (non-hydrogen) atoms. The summed E-state index contributed by atoms with van der Waals surface area (Å²) in [5.41, 5.74) is 14.5. The van der Waals surface area contributed by atoms with Crippen LogP contribution in [0.4, 0.5) is 11.6 Å². The maximum atomic E-state index is 5.80. The highest BCUT2D eigenvalue weighted by Gasteiger charge is 2.09. The van der Waals surface area contributed by atoms with Crippen molar-refractivity contribution in [1.29, 1.82) is 0 Å². The minimum absolute atomic E-state index is 0.466. The molecule has 0 atom stereocenters. The zero-order valence-corrected chi connectivity index (χ0v) is 10.9. The Morgan fingerprint density at radius 2 is 1.94 bits per heavy atom. The molecule has 0 amide bonds. The molecule has 2 aromatic heterocycles. The third-order valence-corrected chi connectivity index (χ3v) is 3.65. The Morgan fingerprint density at radius 3 is 2.78 bits per heavy atom. The number of aromatic amines is 1. The molecule has 5 nitrogen and oxygen atoms in total. The SMILES string of the molecule is Nc1nccc(-c2ccc3[nH]nc(N)c3c2)c1Br. The highest BCUT2D eigenvalue weighted by molar-refractivity contribution is 9.10. The van der Waals surface area contributed by atoms with E-state index in [9.17, 15) is 0 Å². The molecule has 0 aliphatic carbocycles. The molecule has 3 aromatic rings. The fourth-order valence-corrected chi connectivity index (χ4v) is 2.35. The molecule has 0 radical (unpaired) electrons. The summed E-state index contributed by atoms with van der Waals surface area (Å²) >= 11 is 3.45. The van der Waals surface area contributed by atoms with Crippen molar-refractivity contribution >= 4 is 38.5 Å². The second-order valence-corrected chi connectivity index (χ2v) is 4.72. The summed E-state index contributed by atoms with van der Waals surface area (Å²) in [6.45, 7) is 0. The van der Waals surface area contributed by atoms with Crippen LogP contribution in [0.2, 0.25) is 0 Å². The maximum Gasteiger partial charge on any atom is 0.153 e. The Kier molecular flexibility index (Phi) is 2.45. The fourth-order valence-electron chi connectivity index (χ4n) is 1.88. The Hall–Kier alpha value is -2.08. The van der Waals surface area contributed by atoms with Crippen LogP contribution in [-0.4, -0.2) is 15.2 Å². The molecule has 0 unspecified atom stereocenters. The van der Waals surface area contributed by atoms with Gasteiger partial charge in [-0.15, -0.1) is 0 Å². The summed E-state index contributed by atoms with van der Waals surface area (Å²) < 4.78 is 0.784. The van der Waals surface area contributed by atoms with Gasteiger partial charge in [0.15, 0.2) is 5.82 Å². The van der Waals surface area contributed by atoms with Crippen LogP contribution >= 0.6 is 15.9 Å². The zero-order valence-electron chi connectivity index (χ0n) is 9.31. The average Bonchev–Trinajstić information content (AvgIpc) is 2.74. The number of aromatic nitrogens is 3. The van der Waals surface area contributed by atoms with Gasteiger partial charge in [0.25, 0.3) is 0 Å². The molecule has 3 rings (SSSR count). The van der Waals surface area contributed by atoms with Crippen molar-refractivity contribution in [2.75, 3.05) is 11.5 Å². The highest BCUT2D eigenvalue weighted by atomic mass is 79.9. The molecule has 2 heterocycles. The van der Waals surface area contributed by atoms with Crippen LogP contribution < -0.4 is 11.5 Å². The Labute approximate surface area is 111 Å². The third-order valence-electron chi connectivity index (χ3n) is 2.82. The van der Waals surface area contributed by atoms with Crippen molar-refractivity contribution in [2.45, 2.75) is 0 Å². The predicted octanol–water partition coefficient (Wildman–Crippen LogP) is 2.55. The van der Waals surface area contributed by atoms with E-state index >= 15 is 0 Å². The first-order valence-corrected chi connectivity index (χ1v) is 6.10. The van der Waals surface area contributed by atoms with Crippen molar-refractivity contribution in [3.8, 4) is 11.1 Å². The lowest BCUT2D eigenvalue weighted by molar-refractivity contribution is 1.13. The van der Waals surface area contributed by atoms with Crippen molar-refractivity contribution in [3.05, 3.63) is 34.9 Å². The number of H-pyrrole nitrogens is 1. The quantitative estimate of drug-likeness (QED) is 0.644. The average molecular weight is 304 g/mol. The molecule has 0 saturated carbocycles. The number of hydrogen-bond acceptors (Lipinski definition) is 4. The Balaban J connectivity index is 2.25. The highest BCUT2D eigenvalue weighted by Crippen LogP contribution is 2.33. The molecular weight excluding hydrogens is 294 g/mol. The first kappa shape index (κ1) is 11.0. The normalized spacial score (nSPS) is 10.9. The minimum atomic E-state index is 0.466. The number of rotatable bonds is 1. The van der Waals surface area contributed by atoms with Crippen molar-refractivity contribution in [1.82, 2.24) is 15.2 Å². The second kappa shape index (κ2) is 3.99. The Morgan fingerprint density at radius 1 is 1.11 bits per heavy atom. The largest absolute Gasteiger partial charge is 0.383 e. The minimum Gasteiger partial charge on any atom is -0.383 e. The van der Waals surface area contributed by atoms with E-state index in [1.807, 2.05) is 24.3 Å². The van der Waals surface area contributed by atoms with Crippen molar-refractivity contribution in [3.63, 3.8) is 0 Å². The lowest BCUT2D eigenvalue weighted by Crippen LogP contribution is -1.92. The molecule has 5 N–H and O–H groups in total. The first-order chi connectivity index (χ1) is 8.66. The third kappa shape index (κ3) is 1.62. The van der Waals surface area contributed by atoms with E-state index in [1.165, 1.54) is 0 Å². The molecule has 0 aliphatic heterocycles. The van der Waals surface area contributed by atoms with Crippen LogP contribution in [0.25, 0.3) is 22.0 Å². The monoisotopic (exact) mass is 303 g/mol. The summed E-state index contributed by atoms with van der Waals surface area (Å²) in [6, 6.07) is 7.81. The lowest BCUT2D eigenvalue weighted by Gasteiger charge is -2.06. The fraction of sp³-hybridized carbons (Fsp3) is 0. The summed E-state index contributed by atoms with van der Waals surface area (Å²) in [7, 11) is 0. The number of nitrogens with zero attached hydrogens (tertiary/aromatic N) is 2. The van der Waals surface area contributed by atoms with Gasteiger partial charge in [0.2, 0.25) is 0 Å². The van der Waals surface area contributed by atoms with Gasteiger partial charge < -0.3 is 11.5 Å². The van der Waals surface area contributed by atoms with E-state index in [2.05, 4.69) is 31.1 Å².